The summed E-state index contributed by atoms with van der Waals surface area (Å²) in [6, 6.07) is 6.50. The number of ketones is 1. The molecule has 0 heterocycles. The van der Waals surface area contributed by atoms with Crippen LogP contribution in [0.25, 0.3) is 0 Å². The minimum atomic E-state index is -0.190. The largest absolute Gasteiger partial charge is 0.339 e. The van der Waals surface area contributed by atoms with E-state index in [0.717, 1.165) is 65.8 Å². The zero-order chi connectivity index (χ0) is 30.4. The fourth-order valence-corrected chi connectivity index (χ4v) is 8.84. The molecule has 0 radical (unpaired) electrons. The average molecular weight is 585 g/mol. The molecule has 224 valence electrons. The quantitative estimate of drug-likeness (QED) is 0.220. The second-order valence-corrected chi connectivity index (χ2v) is 16.8. The summed E-state index contributed by atoms with van der Waals surface area (Å²) >= 11 is 6.87. The Morgan fingerprint density at radius 2 is 1.83 bits per heavy atom. The van der Waals surface area contributed by atoms with Gasteiger partial charge in [-0.15, -0.1) is 0 Å². The molecule has 6 rings (SSSR count). The molecule has 0 aliphatic heterocycles. The van der Waals surface area contributed by atoms with Crippen LogP contribution in [0.15, 0.2) is 65.9 Å². The normalized spacial score (nSPS) is 31.9. The Balaban J connectivity index is 1.21. The van der Waals surface area contributed by atoms with E-state index in [0.29, 0.717) is 17.1 Å². The molecule has 6 unspecified atom stereocenters. The maximum atomic E-state index is 13.6. The van der Waals surface area contributed by atoms with Gasteiger partial charge < -0.3 is 4.90 Å². The Morgan fingerprint density at radius 1 is 1.12 bits per heavy atom. The highest BCUT2D eigenvalue weighted by atomic mass is 35.5. The molecular weight excluding hydrogens is 536 g/mol. The first-order chi connectivity index (χ1) is 19.6. The molecule has 5 aliphatic rings. The molecular formula is C38H49ClN2O. The van der Waals surface area contributed by atoms with Gasteiger partial charge in [0.25, 0.3) is 0 Å². The van der Waals surface area contributed by atoms with Crippen molar-refractivity contribution in [3.05, 3.63) is 82.1 Å². The van der Waals surface area contributed by atoms with Crippen LogP contribution in [0, 0.1) is 45.8 Å². The first-order valence-electron chi connectivity index (χ1n) is 16.0. The molecule has 0 saturated heterocycles. The number of hydrogen-bond donors (Lipinski definition) is 1. The third kappa shape index (κ3) is 5.51. The molecule has 6 atom stereocenters. The first-order valence-corrected chi connectivity index (χ1v) is 16.4. The van der Waals surface area contributed by atoms with Gasteiger partial charge >= 0.3 is 0 Å². The van der Waals surface area contributed by atoms with E-state index in [-0.39, 0.29) is 28.6 Å². The lowest BCUT2D eigenvalue weighted by molar-refractivity contribution is -0.116. The van der Waals surface area contributed by atoms with Gasteiger partial charge in [-0.3, -0.25) is 10.2 Å². The van der Waals surface area contributed by atoms with Crippen molar-refractivity contribution in [1.29, 1.82) is 5.41 Å². The summed E-state index contributed by atoms with van der Waals surface area (Å²) < 4.78 is 0. The zero-order valence-electron chi connectivity index (χ0n) is 26.5. The molecule has 0 spiro atoms. The van der Waals surface area contributed by atoms with Crippen molar-refractivity contribution in [1.82, 2.24) is 4.90 Å². The van der Waals surface area contributed by atoms with E-state index in [1.54, 1.807) is 0 Å². The number of rotatable bonds is 10. The fourth-order valence-electron chi connectivity index (χ4n) is 8.58. The van der Waals surface area contributed by atoms with Crippen molar-refractivity contribution >= 4 is 23.7 Å². The Morgan fingerprint density at radius 3 is 2.48 bits per heavy atom. The van der Waals surface area contributed by atoms with Crippen molar-refractivity contribution in [2.45, 2.75) is 90.9 Å². The number of halogens is 1. The maximum Gasteiger partial charge on any atom is 0.166 e. The van der Waals surface area contributed by atoms with Gasteiger partial charge in [0, 0.05) is 34.7 Å². The van der Waals surface area contributed by atoms with Crippen LogP contribution in [0.4, 0.5) is 0 Å². The van der Waals surface area contributed by atoms with Crippen LogP contribution in [0.2, 0.25) is 5.02 Å². The Kier molecular flexibility index (Phi) is 7.12. The first kappa shape index (κ1) is 29.7. The number of fused-ring (bicyclic) bond motifs is 1. The highest BCUT2D eigenvalue weighted by Gasteiger charge is 2.54. The smallest absolute Gasteiger partial charge is 0.166 e. The zero-order valence-corrected chi connectivity index (χ0v) is 27.3. The summed E-state index contributed by atoms with van der Waals surface area (Å²) in [5.41, 5.74) is 7.05. The lowest BCUT2D eigenvalue weighted by atomic mass is 9.50. The third-order valence-corrected chi connectivity index (χ3v) is 11.3. The summed E-state index contributed by atoms with van der Waals surface area (Å²) in [7, 11) is 1.92. The van der Waals surface area contributed by atoms with Crippen LogP contribution < -0.4 is 0 Å². The topological polar surface area (TPSA) is 44.2 Å². The molecule has 42 heavy (non-hydrogen) atoms. The van der Waals surface area contributed by atoms with Gasteiger partial charge in [0.2, 0.25) is 0 Å². The van der Waals surface area contributed by atoms with E-state index in [1.165, 1.54) is 35.9 Å². The van der Waals surface area contributed by atoms with Gasteiger partial charge in [0.15, 0.2) is 5.78 Å². The number of nitrogens with one attached hydrogen (secondary N) is 1. The Labute approximate surface area is 258 Å². The molecule has 0 bridgehead atoms. The molecule has 1 aromatic rings. The van der Waals surface area contributed by atoms with Crippen LogP contribution in [-0.4, -0.2) is 24.1 Å². The molecule has 4 fully saturated rings. The molecule has 3 nitrogen and oxygen atoms in total. The Hall–Kier alpha value is -2.39. The second kappa shape index (κ2) is 10.1. The average Bonchev–Trinajstić information content (AvgIpc) is 3.78. The fraction of sp³-hybridized carbons (Fsp3) is 0.579. The second-order valence-electron chi connectivity index (χ2n) is 16.4. The van der Waals surface area contributed by atoms with Crippen LogP contribution in [-0.2, 0) is 10.2 Å². The highest BCUT2D eigenvalue weighted by Crippen LogP contribution is 2.61. The summed E-state index contributed by atoms with van der Waals surface area (Å²) in [5.74, 6) is 2.99. The van der Waals surface area contributed by atoms with Gasteiger partial charge in [-0.25, -0.2) is 0 Å². The molecule has 1 N–H and O–H groups in total. The molecule has 0 aromatic heterocycles. The van der Waals surface area contributed by atoms with Gasteiger partial charge in [0.1, 0.15) is 0 Å². The molecule has 5 aliphatic carbocycles. The van der Waals surface area contributed by atoms with Crippen LogP contribution in [0.3, 0.4) is 0 Å². The number of nitrogens with zero attached hydrogens (tertiary/aromatic N) is 1. The minimum Gasteiger partial charge on any atom is -0.339 e. The van der Waals surface area contributed by atoms with Crippen molar-refractivity contribution in [3.8, 4) is 0 Å². The van der Waals surface area contributed by atoms with E-state index in [2.05, 4.69) is 72.1 Å². The molecule has 4 saturated carbocycles. The lowest BCUT2D eigenvalue weighted by Crippen LogP contribution is -2.50. The van der Waals surface area contributed by atoms with Gasteiger partial charge in [-0.1, -0.05) is 83.2 Å². The summed E-state index contributed by atoms with van der Waals surface area (Å²) in [6.07, 6.45) is 13.7. The van der Waals surface area contributed by atoms with Gasteiger partial charge in [-0.05, 0) is 114 Å². The number of benzene rings is 1. The number of allylic oxidation sites excluding steroid dienone is 6. The van der Waals surface area contributed by atoms with Crippen molar-refractivity contribution in [3.63, 3.8) is 0 Å². The van der Waals surface area contributed by atoms with E-state index in [9.17, 15) is 4.79 Å². The van der Waals surface area contributed by atoms with Crippen LogP contribution in [0.5, 0.6) is 0 Å². The summed E-state index contributed by atoms with van der Waals surface area (Å²) in [5, 5.41) is 8.62. The number of carbonyl (C=O) groups is 1. The van der Waals surface area contributed by atoms with Gasteiger partial charge in [0.05, 0.1) is 6.34 Å². The Bertz CT molecular complexity index is 1410. The number of carbonyl (C=O) groups excluding carboxylic acids is 1. The van der Waals surface area contributed by atoms with E-state index in [4.69, 9.17) is 17.0 Å². The minimum absolute atomic E-state index is 0.151. The number of Topliss-reactive ketones (excluding diaryl/α,β-unsaturated/α-hetero) is 1. The van der Waals surface area contributed by atoms with Crippen LogP contribution >= 0.6 is 11.6 Å². The monoisotopic (exact) mass is 584 g/mol. The van der Waals surface area contributed by atoms with Gasteiger partial charge in [-0.2, -0.15) is 0 Å². The predicted octanol–water partition coefficient (Wildman–Crippen LogP) is 9.64. The van der Waals surface area contributed by atoms with E-state index < -0.39 is 0 Å². The number of hydrogen-bond acceptors (Lipinski definition) is 2. The lowest BCUT2D eigenvalue weighted by Gasteiger charge is -2.56. The van der Waals surface area contributed by atoms with E-state index in [1.807, 2.05) is 18.0 Å². The third-order valence-electron chi connectivity index (χ3n) is 10.9. The van der Waals surface area contributed by atoms with Crippen LogP contribution in [0.1, 0.15) is 96.6 Å². The van der Waals surface area contributed by atoms with E-state index >= 15 is 0 Å². The predicted molar refractivity (Wildman–Crippen MR) is 175 cm³/mol. The van der Waals surface area contributed by atoms with Crippen molar-refractivity contribution in [2.75, 3.05) is 7.05 Å². The summed E-state index contributed by atoms with van der Waals surface area (Å²) in [4.78, 5) is 15.5. The highest BCUT2D eigenvalue weighted by molar-refractivity contribution is 6.31. The summed E-state index contributed by atoms with van der Waals surface area (Å²) in [6.45, 7) is 20.6. The molecule has 0 amide bonds. The molecule has 4 heteroatoms. The maximum absolute atomic E-state index is 13.6. The van der Waals surface area contributed by atoms with Crippen molar-refractivity contribution in [2.24, 2.45) is 40.4 Å². The SMILES string of the molecule is C=C(C1=CC(CC2CC2CC(C)(C)C)=CC2CC2C1=O)C1CC1c1cc(C2(C(=C)N(C)C=N)CC(C)(C)C2)ccc1Cl. The molecule has 1 aromatic carbocycles. The van der Waals surface area contributed by atoms with Crippen molar-refractivity contribution < 1.29 is 4.79 Å². The standard InChI is InChI=1S/C38H49ClN2O/c1-22(30-13-24(12-26-15-31(26)35(30)42)11-25-14-27(25)18-36(3,4)5)29-17-32(29)33-16-28(9-10-34(33)39)38(19-37(6,7)20-38)23(2)41(8)21-40/h9-10,12-13,16,21,25-27,29,31-32,40H,1-2,11,14-15,17-20H2,3-8H3. The number of likely N-dealkylation sites (N-methyl/N-ethyl adjacent to an activating group) is 1.